The van der Waals surface area contributed by atoms with E-state index in [0.29, 0.717) is 25.7 Å². The van der Waals surface area contributed by atoms with Crippen molar-refractivity contribution in [2.45, 2.75) is 65.9 Å². The lowest BCUT2D eigenvalue weighted by molar-refractivity contribution is -0.146. The predicted octanol–water partition coefficient (Wildman–Crippen LogP) is 3.38. The molecule has 0 radical (unpaired) electrons. The zero-order valence-electron chi connectivity index (χ0n) is 20.4. The average molecular weight is 471 g/mol. The van der Waals surface area contributed by atoms with Gasteiger partial charge in [0.1, 0.15) is 5.60 Å². The summed E-state index contributed by atoms with van der Waals surface area (Å²) in [5.74, 6) is -1.27. The molecule has 0 aliphatic heterocycles. The van der Waals surface area contributed by atoms with Crippen LogP contribution in [0.15, 0.2) is 24.3 Å². The number of carbonyl (C=O) groups excluding carboxylic acids is 4. The maximum absolute atomic E-state index is 11.9. The lowest BCUT2D eigenvalue weighted by Gasteiger charge is -2.48. The number of amides is 2. The van der Waals surface area contributed by atoms with Crippen LogP contribution >= 0.6 is 0 Å². The first-order valence-electron chi connectivity index (χ1n) is 10.7. The molecule has 0 rings (SSSR count). The van der Waals surface area contributed by atoms with E-state index < -0.39 is 35.1 Å². The normalized spacial score (nSPS) is 13.7. The highest BCUT2D eigenvalue weighted by Gasteiger charge is 2.49. The van der Waals surface area contributed by atoms with E-state index in [2.05, 4.69) is 13.2 Å². The van der Waals surface area contributed by atoms with Crippen LogP contribution in [0.4, 0.5) is 9.59 Å². The molecular formula is C23H38N2O8. The molecule has 0 bridgehead atoms. The minimum absolute atomic E-state index is 0.0353. The molecule has 0 heterocycles. The Kier molecular flexibility index (Phi) is 12.3. The summed E-state index contributed by atoms with van der Waals surface area (Å²) in [6.07, 6.45) is -0.165. The summed E-state index contributed by atoms with van der Waals surface area (Å²) in [5.41, 5.74) is 9.01. The van der Waals surface area contributed by atoms with Crippen molar-refractivity contribution < 1.29 is 38.1 Å². The molecule has 0 aromatic rings. The predicted molar refractivity (Wildman–Crippen MR) is 122 cm³/mol. The summed E-state index contributed by atoms with van der Waals surface area (Å²) in [6.45, 7) is 15.7. The first-order chi connectivity index (χ1) is 15.1. The minimum atomic E-state index is -1.08. The summed E-state index contributed by atoms with van der Waals surface area (Å²) in [4.78, 5) is 46.2. The molecule has 0 spiro atoms. The number of primary amides is 2. The van der Waals surface area contributed by atoms with E-state index in [0.717, 1.165) is 0 Å². The summed E-state index contributed by atoms with van der Waals surface area (Å²) >= 11 is 0. The molecule has 0 saturated heterocycles. The van der Waals surface area contributed by atoms with Crippen molar-refractivity contribution in [3.05, 3.63) is 24.3 Å². The second-order valence-electron chi connectivity index (χ2n) is 8.73. The first-order valence-corrected chi connectivity index (χ1v) is 10.7. The third-order valence-corrected chi connectivity index (χ3v) is 5.82. The lowest BCUT2D eigenvalue weighted by Crippen LogP contribution is -2.51. The van der Waals surface area contributed by atoms with Crippen molar-refractivity contribution >= 4 is 24.1 Å². The molecule has 2 atom stereocenters. The Bertz CT molecular complexity index is 747. The van der Waals surface area contributed by atoms with Crippen molar-refractivity contribution in [3.63, 3.8) is 0 Å². The fourth-order valence-corrected chi connectivity index (χ4v) is 3.54. The van der Waals surface area contributed by atoms with E-state index in [4.69, 9.17) is 30.4 Å². The molecule has 10 heteroatoms. The van der Waals surface area contributed by atoms with Gasteiger partial charge >= 0.3 is 24.1 Å². The molecule has 33 heavy (non-hydrogen) atoms. The maximum Gasteiger partial charge on any atom is 0.405 e. The molecule has 0 aliphatic carbocycles. The molecule has 2 amide bonds. The number of hydrogen-bond donors (Lipinski definition) is 2. The molecule has 4 N–H and O–H groups in total. The second kappa shape index (κ2) is 13.5. The van der Waals surface area contributed by atoms with Gasteiger partial charge in [-0.25, -0.2) is 19.2 Å². The Morgan fingerprint density at radius 1 is 0.788 bits per heavy atom. The van der Waals surface area contributed by atoms with Gasteiger partial charge in [-0.1, -0.05) is 20.1 Å². The summed E-state index contributed by atoms with van der Waals surface area (Å²) in [5, 5.41) is 0. The summed E-state index contributed by atoms with van der Waals surface area (Å²) in [6, 6.07) is 0. The monoisotopic (exact) mass is 470 g/mol. The SMILES string of the molecule is C=C(C)C(=O)OCCC(CCCOC(N)=O)C(C)(CCOC(=O)C(=C)C)C(C)(C)OC(N)=O. The molecule has 0 aromatic heterocycles. The quantitative estimate of drug-likeness (QED) is 0.160. The first kappa shape index (κ1) is 30.0. The second-order valence-corrected chi connectivity index (χ2v) is 8.73. The van der Waals surface area contributed by atoms with Crippen molar-refractivity contribution in [1.29, 1.82) is 0 Å². The van der Waals surface area contributed by atoms with Crippen LogP contribution in [0.25, 0.3) is 0 Å². The van der Waals surface area contributed by atoms with Crippen LogP contribution in [0, 0.1) is 11.3 Å². The van der Waals surface area contributed by atoms with E-state index in [9.17, 15) is 19.2 Å². The van der Waals surface area contributed by atoms with Gasteiger partial charge in [0.05, 0.1) is 19.8 Å². The number of carbonyl (C=O) groups is 4. The van der Waals surface area contributed by atoms with Crippen LogP contribution in [0.2, 0.25) is 0 Å². The van der Waals surface area contributed by atoms with E-state index in [1.54, 1.807) is 27.7 Å². The van der Waals surface area contributed by atoms with Crippen LogP contribution in [-0.4, -0.2) is 49.5 Å². The van der Waals surface area contributed by atoms with Crippen LogP contribution in [0.1, 0.15) is 60.3 Å². The molecule has 2 unspecified atom stereocenters. The van der Waals surface area contributed by atoms with Gasteiger partial charge < -0.3 is 30.4 Å². The Morgan fingerprint density at radius 3 is 1.76 bits per heavy atom. The maximum atomic E-state index is 11.9. The van der Waals surface area contributed by atoms with Crippen molar-refractivity contribution in [1.82, 2.24) is 0 Å². The molecule has 0 aromatic carbocycles. The van der Waals surface area contributed by atoms with Crippen molar-refractivity contribution in [2.75, 3.05) is 19.8 Å². The summed E-state index contributed by atoms with van der Waals surface area (Å²) < 4.78 is 20.8. The number of nitrogens with two attached hydrogens (primary N) is 2. The van der Waals surface area contributed by atoms with E-state index in [-0.39, 0.29) is 36.9 Å². The number of hydrogen-bond acceptors (Lipinski definition) is 8. The van der Waals surface area contributed by atoms with E-state index >= 15 is 0 Å². The van der Waals surface area contributed by atoms with Gasteiger partial charge in [0.15, 0.2) is 0 Å². The highest BCUT2D eigenvalue weighted by molar-refractivity contribution is 5.87. The fraction of sp³-hybridized carbons (Fsp3) is 0.652. The van der Waals surface area contributed by atoms with Crippen LogP contribution in [0.5, 0.6) is 0 Å². The topological polar surface area (TPSA) is 157 Å². The van der Waals surface area contributed by atoms with Crippen molar-refractivity contribution in [2.24, 2.45) is 22.8 Å². The van der Waals surface area contributed by atoms with Crippen LogP contribution in [0.3, 0.4) is 0 Å². The molecule has 0 saturated carbocycles. The van der Waals surface area contributed by atoms with Gasteiger partial charge in [0, 0.05) is 16.6 Å². The Morgan fingerprint density at radius 2 is 1.30 bits per heavy atom. The van der Waals surface area contributed by atoms with E-state index in [1.165, 1.54) is 0 Å². The van der Waals surface area contributed by atoms with Gasteiger partial charge in [-0.3, -0.25) is 0 Å². The van der Waals surface area contributed by atoms with E-state index in [1.807, 2.05) is 6.92 Å². The lowest BCUT2D eigenvalue weighted by atomic mass is 9.62. The number of esters is 2. The Hall–Kier alpha value is -3.04. The third kappa shape index (κ3) is 10.4. The van der Waals surface area contributed by atoms with Gasteiger partial charge in [0.25, 0.3) is 0 Å². The Balaban J connectivity index is 5.78. The summed E-state index contributed by atoms with van der Waals surface area (Å²) in [7, 11) is 0. The molecular weight excluding hydrogens is 432 g/mol. The van der Waals surface area contributed by atoms with Gasteiger partial charge in [-0.2, -0.15) is 0 Å². The molecule has 10 nitrogen and oxygen atoms in total. The van der Waals surface area contributed by atoms with Crippen molar-refractivity contribution in [3.8, 4) is 0 Å². The third-order valence-electron chi connectivity index (χ3n) is 5.82. The Labute approximate surface area is 195 Å². The average Bonchev–Trinajstić information content (AvgIpc) is 2.67. The number of rotatable bonds is 15. The largest absolute Gasteiger partial charge is 0.462 e. The van der Waals surface area contributed by atoms with Crippen LogP contribution in [-0.2, 0) is 28.5 Å². The fourth-order valence-electron chi connectivity index (χ4n) is 3.54. The zero-order valence-corrected chi connectivity index (χ0v) is 20.4. The van der Waals surface area contributed by atoms with Gasteiger partial charge in [0.2, 0.25) is 0 Å². The smallest absolute Gasteiger partial charge is 0.405 e. The van der Waals surface area contributed by atoms with Crippen LogP contribution < -0.4 is 11.5 Å². The highest BCUT2D eigenvalue weighted by Crippen LogP contribution is 2.47. The minimum Gasteiger partial charge on any atom is -0.462 e. The molecule has 0 aliphatic rings. The molecule has 0 fully saturated rings. The zero-order chi connectivity index (χ0) is 25.8. The standard InChI is InChI=1S/C23H38N2O8/c1-15(2)18(26)30-13-10-17(9-8-12-32-20(24)28)23(7,22(5,6)33-21(25)29)11-14-31-19(27)16(3)4/h17H,1,3,8-14H2,2,4-7H3,(H2,24,28)(H2,25,29). The molecule has 188 valence electrons. The van der Waals surface area contributed by atoms with Gasteiger partial charge in [-0.05, 0) is 59.3 Å². The highest BCUT2D eigenvalue weighted by atomic mass is 16.6. The number of ether oxygens (including phenoxy) is 4. The van der Waals surface area contributed by atoms with Gasteiger partial charge in [-0.15, -0.1) is 0 Å².